The lowest BCUT2D eigenvalue weighted by molar-refractivity contribution is 0.415. The van der Waals surface area contributed by atoms with Crippen molar-refractivity contribution in [2.45, 2.75) is 4.90 Å². The molecule has 0 fully saturated rings. The molecule has 2 heterocycles. The van der Waals surface area contributed by atoms with Crippen molar-refractivity contribution < 1.29 is 13.2 Å². The van der Waals surface area contributed by atoms with Gasteiger partial charge < -0.3 is 9.30 Å². The third kappa shape index (κ3) is 3.66. The van der Waals surface area contributed by atoms with E-state index in [0.717, 1.165) is 11.1 Å². The van der Waals surface area contributed by atoms with Crippen LogP contribution in [0.15, 0.2) is 71.9 Å². The minimum atomic E-state index is -3.83. The summed E-state index contributed by atoms with van der Waals surface area (Å²) in [5.41, 5.74) is 2.84. The van der Waals surface area contributed by atoms with Gasteiger partial charge in [0.1, 0.15) is 11.4 Å². The Kier molecular flexibility index (Phi) is 4.94. The summed E-state index contributed by atoms with van der Waals surface area (Å²) in [6.07, 6.45) is 3.50. The van der Waals surface area contributed by atoms with Gasteiger partial charge in [-0.2, -0.15) is 0 Å². The number of sulfonamides is 1. The smallest absolute Gasteiger partial charge is 0.261 e. The summed E-state index contributed by atoms with van der Waals surface area (Å²) in [6.45, 7) is 0. The lowest BCUT2D eigenvalue weighted by atomic mass is 10.0. The average molecular weight is 428 g/mol. The Morgan fingerprint density at radius 2 is 1.90 bits per heavy atom. The Hall–Kier alpha value is -3.03. The number of hydrogen-bond donors (Lipinski definition) is 1. The zero-order valence-corrected chi connectivity index (χ0v) is 17.3. The first-order valence-electron chi connectivity index (χ1n) is 8.76. The Morgan fingerprint density at radius 3 is 2.66 bits per heavy atom. The van der Waals surface area contributed by atoms with Crippen LogP contribution in [0.3, 0.4) is 0 Å². The summed E-state index contributed by atoms with van der Waals surface area (Å²) < 4.78 is 35.7. The first-order chi connectivity index (χ1) is 13.9. The fraction of sp³-hybridized carbons (Fsp3) is 0.0952. The molecule has 0 amide bonds. The maximum absolute atomic E-state index is 12.9. The molecule has 0 unspecified atom stereocenters. The standard InChI is InChI=1S/C21H18ClN3O3S/c1-25-13-18(14-5-3-7-16(11-14)28-2)20-19(9-10-23-21(20)25)24-29(26,27)17-8-4-6-15(22)12-17/h3-13H,1-2H3,(H,23,24). The summed E-state index contributed by atoms with van der Waals surface area (Å²) in [7, 11) is -0.351. The monoisotopic (exact) mass is 427 g/mol. The van der Waals surface area contributed by atoms with Gasteiger partial charge in [-0.1, -0.05) is 29.8 Å². The van der Waals surface area contributed by atoms with Gasteiger partial charge in [-0.05, 0) is 42.0 Å². The average Bonchev–Trinajstić information content (AvgIpc) is 3.06. The van der Waals surface area contributed by atoms with E-state index < -0.39 is 10.0 Å². The van der Waals surface area contributed by atoms with E-state index in [2.05, 4.69) is 9.71 Å². The number of aryl methyl sites for hydroxylation is 1. The summed E-state index contributed by atoms with van der Waals surface area (Å²) >= 11 is 5.97. The second-order valence-electron chi connectivity index (χ2n) is 6.51. The van der Waals surface area contributed by atoms with Crippen molar-refractivity contribution in [2.24, 2.45) is 7.05 Å². The van der Waals surface area contributed by atoms with Crippen molar-refractivity contribution in [3.05, 3.63) is 72.0 Å². The molecule has 4 aromatic rings. The predicted octanol–water partition coefficient (Wildman–Crippen LogP) is 4.70. The molecule has 4 rings (SSSR count). The van der Waals surface area contributed by atoms with Crippen LogP contribution in [-0.2, 0) is 17.1 Å². The number of halogens is 1. The fourth-order valence-electron chi connectivity index (χ4n) is 3.24. The molecule has 0 atom stereocenters. The van der Waals surface area contributed by atoms with Gasteiger partial charge in [-0.25, -0.2) is 13.4 Å². The normalized spacial score (nSPS) is 11.6. The molecule has 8 heteroatoms. The Morgan fingerprint density at radius 1 is 1.10 bits per heavy atom. The van der Waals surface area contributed by atoms with E-state index in [9.17, 15) is 8.42 Å². The van der Waals surface area contributed by atoms with Gasteiger partial charge in [0, 0.05) is 30.0 Å². The SMILES string of the molecule is COc1cccc(-c2cn(C)c3nccc(NS(=O)(=O)c4cccc(Cl)c4)c23)c1. The van der Waals surface area contributed by atoms with Gasteiger partial charge in [-0.3, -0.25) is 4.72 Å². The Balaban J connectivity index is 1.87. The molecular formula is C21H18ClN3O3S. The molecule has 148 valence electrons. The number of nitrogens with one attached hydrogen (secondary N) is 1. The molecule has 2 aromatic heterocycles. The van der Waals surface area contributed by atoms with E-state index >= 15 is 0 Å². The van der Waals surface area contributed by atoms with Crippen LogP contribution in [0.1, 0.15) is 0 Å². The fourth-order valence-corrected chi connectivity index (χ4v) is 4.61. The molecule has 29 heavy (non-hydrogen) atoms. The molecule has 0 radical (unpaired) electrons. The highest BCUT2D eigenvalue weighted by Crippen LogP contribution is 2.36. The van der Waals surface area contributed by atoms with Gasteiger partial charge in [0.05, 0.1) is 23.1 Å². The maximum atomic E-state index is 12.9. The van der Waals surface area contributed by atoms with Crippen LogP contribution in [0.5, 0.6) is 5.75 Å². The van der Waals surface area contributed by atoms with Crippen molar-refractivity contribution in [1.29, 1.82) is 0 Å². The van der Waals surface area contributed by atoms with E-state index in [-0.39, 0.29) is 4.90 Å². The van der Waals surface area contributed by atoms with Gasteiger partial charge in [-0.15, -0.1) is 0 Å². The summed E-state index contributed by atoms with van der Waals surface area (Å²) in [5.74, 6) is 0.712. The van der Waals surface area contributed by atoms with Crippen molar-refractivity contribution in [2.75, 3.05) is 11.8 Å². The van der Waals surface area contributed by atoms with E-state index in [0.29, 0.717) is 27.5 Å². The van der Waals surface area contributed by atoms with Crippen LogP contribution in [0.4, 0.5) is 5.69 Å². The molecule has 0 aliphatic rings. The van der Waals surface area contributed by atoms with Crippen molar-refractivity contribution in [1.82, 2.24) is 9.55 Å². The number of nitrogens with zero attached hydrogens (tertiary/aromatic N) is 2. The molecule has 0 saturated carbocycles. The topological polar surface area (TPSA) is 73.2 Å². The Bertz CT molecular complexity index is 1320. The number of benzene rings is 2. The highest BCUT2D eigenvalue weighted by atomic mass is 35.5. The zero-order chi connectivity index (χ0) is 20.6. The molecular weight excluding hydrogens is 410 g/mol. The van der Waals surface area contributed by atoms with Crippen LogP contribution in [0.25, 0.3) is 22.2 Å². The summed E-state index contributed by atoms with van der Waals surface area (Å²) in [5, 5.41) is 1.05. The molecule has 0 bridgehead atoms. The molecule has 6 nitrogen and oxygen atoms in total. The number of anilines is 1. The van der Waals surface area contributed by atoms with Crippen LogP contribution in [-0.4, -0.2) is 25.1 Å². The van der Waals surface area contributed by atoms with Gasteiger partial charge in [0.15, 0.2) is 0 Å². The summed E-state index contributed by atoms with van der Waals surface area (Å²) in [6, 6.07) is 15.4. The number of methoxy groups -OCH3 is 1. The lowest BCUT2D eigenvalue weighted by Gasteiger charge is -2.11. The van der Waals surface area contributed by atoms with Crippen LogP contribution in [0, 0.1) is 0 Å². The highest BCUT2D eigenvalue weighted by Gasteiger charge is 2.20. The minimum absolute atomic E-state index is 0.0915. The van der Waals surface area contributed by atoms with E-state index in [4.69, 9.17) is 16.3 Å². The second kappa shape index (κ2) is 7.42. The Labute approximate surface area is 173 Å². The molecule has 0 saturated heterocycles. The molecule has 1 N–H and O–H groups in total. The molecule has 0 aliphatic carbocycles. The van der Waals surface area contributed by atoms with Crippen LogP contribution >= 0.6 is 11.6 Å². The first-order valence-corrected chi connectivity index (χ1v) is 10.6. The van der Waals surface area contributed by atoms with E-state index in [1.54, 1.807) is 31.5 Å². The van der Waals surface area contributed by atoms with Crippen molar-refractivity contribution in [3.63, 3.8) is 0 Å². The van der Waals surface area contributed by atoms with Crippen molar-refractivity contribution in [3.8, 4) is 16.9 Å². The largest absolute Gasteiger partial charge is 0.497 e. The molecule has 0 aliphatic heterocycles. The van der Waals surface area contributed by atoms with Gasteiger partial charge >= 0.3 is 0 Å². The van der Waals surface area contributed by atoms with Crippen LogP contribution < -0.4 is 9.46 Å². The number of hydrogen-bond acceptors (Lipinski definition) is 4. The molecule has 0 spiro atoms. The maximum Gasteiger partial charge on any atom is 0.261 e. The van der Waals surface area contributed by atoms with E-state index in [1.807, 2.05) is 42.1 Å². The predicted molar refractivity (Wildman–Crippen MR) is 115 cm³/mol. The third-order valence-electron chi connectivity index (χ3n) is 4.59. The van der Waals surface area contributed by atoms with E-state index in [1.165, 1.54) is 12.1 Å². The zero-order valence-electron chi connectivity index (χ0n) is 15.8. The van der Waals surface area contributed by atoms with Gasteiger partial charge in [0.25, 0.3) is 10.0 Å². The van der Waals surface area contributed by atoms with Crippen molar-refractivity contribution >= 4 is 38.3 Å². The highest BCUT2D eigenvalue weighted by molar-refractivity contribution is 7.92. The number of pyridine rings is 1. The lowest BCUT2D eigenvalue weighted by Crippen LogP contribution is -2.13. The minimum Gasteiger partial charge on any atom is -0.497 e. The number of ether oxygens (including phenoxy) is 1. The third-order valence-corrected chi connectivity index (χ3v) is 6.19. The first kappa shape index (κ1) is 19.3. The quantitative estimate of drug-likeness (QED) is 0.501. The number of aromatic nitrogens is 2. The second-order valence-corrected chi connectivity index (χ2v) is 8.62. The number of rotatable bonds is 5. The number of fused-ring (bicyclic) bond motifs is 1. The van der Waals surface area contributed by atoms with Crippen LogP contribution in [0.2, 0.25) is 5.02 Å². The molecule has 2 aromatic carbocycles. The van der Waals surface area contributed by atoms with Gasteiger partial charge in [0.2, 0.25) is 0 Å². The summed E-state index contributed by atoms with van der Waals surface area (Å²) in [4.78, 5) is 4.51.